The van der Waals surface area contributed by atoms with Crippen LogP contribution in [0.4, 0.5) is 18.2 Å². The minimum atomic E-state index is -4.69. The molecule has 2 aromatic heterocycles. The highest BCUT2D eigenvalue weighted by Crippen LogP contribution is 2.39. The molecule has 2 aromatic rings. The van der Waals surface area contributed by atoms with E-state index in [4.69, 9.17) is 11.6 Å². The minimum Gasteiger partial charge on any atom is -0.315 e. The lowest BCUT2D eigenvalue weighted by Gasteiger charge is -2.17. The van der Waals surface area contributed by atoms with Gasteiger partial charge in [0.15, 0.2) is 5.69 Å². The fraction of sp³-hybridized carbons (Fsp3) is 0.471. The van der Waals surface area contributed by atoms with Crippen LogP contribution in [0.3, 0.4) is 0 Å². The summed E-state index contributed by atoms with van der Waals surface area (Å²) < 4.78 is 39.6. The Hall–Kier alpha value is -2.05. The van der Waals surface area contributed by atoms with Crippen molar-refractivity contribution in [2.75, 3.05) is 5.32 Å². The Morgan fingerprint density at radius 1 is 1.52 bits per heavy atom. The normalized spacial score (nSPS) is 16.7. The number of aromatic nitrogens is 2. The Kier molecular flexibility index (Phi) is 5.23. The predicted molar refractivity (Wildman–Crippen MR) is 95.8 cm³/mol. The van der Waals surface area contributed by atoms with Gasteiger partial charge in [0.05, 0.1) is 16.3 Å². The number of thiophene rings is 1. The first-order valence-corrected chi connectivity index (χ1v) is 9.45. The second kappa shape index (κ2) is 7.17. The van der Waals surface area contributed by atoms with Crippen molar-refractivity contribution in [2.45, 2.75) is 45.8 Å². The number of alkyl halides is 3. The summed E-state index contributed by atoms with van der Waals surface area (Å²) in [6.07, 6.45) is -2.07. The van der Waals surface area contributed by atoms with Crippen LogP contribution < -0.4 is 5.32 Å². The van der Waals surface area contributed by atoms with Gasteiger partial charge in [0.25, 0.3) is 0 Å². The van der Waals surface area contributed by atoms with E-state index in [0.717, 1.165) is 34.4 Å². The summed E-state index contributed by atoms with van der Waals surface area (Å²) in [7, 11) is 0. The van der Waals surface area contributed by atoms with Crippen LogP contribution in [0.25, 0.3) is 0 Å². The lowest BCUT2D eigenvalue weighted by molar-refractivity contribution is -0.141. The Morgan fingerprint density at radius 3 is 2.81 bits per heavy atom. The second-order valence-corrected chi connectivity index (χ2v) is 8.10. The maximum Gasteiger partial charge on any atom is 0.436 e. The highest BCUT2D eigenvalue weighted by Gasteiger charge is 2.38. The van der Waals surface area contributed by atoms with Gasteiger partial charge in [0.1, 0.15) is 17.6 Å². The molecule has 2 heterocycles. The number of carbonyl (C=O) groups excluding carboxylic acids is 1. The van der Waals surface area contributed by atoms with Crippen molar-refractivity contribution < 1.29 is 18.0 Å². The fourth-order valence-electron chi connectivity index (χ4n) is 3.12. The maximum absolute atomic E-state index is 12.9. The van der Waals surface area contributed by atoms with Crippen LogP contribution in [0.2, 0.25) is 5.02 Å². The number of nitrogens with one attached hydrogen (secondary N) is 1. The van der Waals surface area contributed by atoms with Gasteiger partial charge in [-0.25, -0.2) is 0 Å². The molecule has 0 fully saturated rings. The van der Waals surface area contributed by atoms with E-state index in [9.17, 15) is 23.2 Å². The molecule has 1 aliphatic rings. The monoisotopic (exact) mass is 416 g/mol. The van der Waals surface area contributed by atoms with Gasteiger partial charge in [-0.3, -0.25) is 9.48 Å². The summed E-state index contributed by atoms with van der Waals surface area (Å²) in [6.45, 7) is 3.07. The third-order valence-electron chi connectivity index (χ3n) is 4.57. The summed E-state index contributed by atoms with van der Waals surface area (Å²) in [6, 6.07) is 2.14. The fourth-order valence-corrected chi connectivity index (χ4v) is 4.74. The zero-order valence-electron chi connectivity index (χ0n) is 14.6. The van der Waals surface area contributed by atoms with Crippen molar-refractivity contribution in [1.29, 1.82) is 5.26 Å². The zero-order valence-corrected chi connectivity index (χ0v) is 16.1. The molecule has 1 N–H and O–H groups in total. The van der Waals surface area contributed by atoms with E-state index in [1.807, 2.05) is 0 Å². The average Bonchev–Trinajstić information content (AvgIpc) is 3.05. The van der Waals surface area contributed by atoms with Crippen LogP contribution in [0.1, 0.15) is 40.7 Å². The molecule has 1 amide bonds. The molecule has 10 heteroatoms. The van der Waals surface area contributed by atoms with Crippen molar-refractivity contribution in [1.82, 2.24) is 9.78 Å². The van der Waals surface area contributed by atoms with Gasteiger partial charge in [-0.15, -0.1) is 11.3 Å². The third kappa shape index (κ3) is 3.82. The Balaban J connectivity index is 1.81. The van der Waals surface area contributed by atoms with Gasteiger partial charge in [0, 0.05) is 4.88 Å². The molecule has 0 unspecified atom stereocenters. The smallest absolute Gasteiger partial charge is 0.315 e. The third-order valence-corrected chi connectivity index (χ3v) is 6.19. The molecular weight excluding hydrogens is 401 g/mol. The van der Waals surface area contributed by atoms with Crippen molar-refractivity contribution in [2.24, 2.45) is 5.92 Å². The molecule has 0 bridgehead atoms. The number of fused-ring (bicyclic) bond motifs is 1. The highest BCUT2D eigenvalue weighted by molar-refractivity contribution is 7.16. The molecule has 144 valence electrons. The van der Waals surface area contributed by atoms with Crippen LogP contribution in [0, 0.1) is 24.2 Å². The largest absolute Gasteiger partial charge is 0.436 e. The van der Waals surface area contributed by atoms with E-state index in [-0.39, 0.29) is 5.69 Å². The van der Waals surface area contributed by atoms with Gasteiger partial charge in [-0.1, -0.05) is 18.5 Å². The lowest BCUT2D eigenvalue weighted by atomic mass is 9.89. The summed E-state index contributed by atoms with van der Waals surface area (Å²) in [5.41, 5.74) is 0.252. The molecule has 5 nitrogen and oxygen atoms in total. The molecule has 0 radical (unpaired) electrons. The number of hydrogen-bond acceptors (Lipinski definition) is 4. The minimum absolute atomic E-state index is 0.0546. The van der Waals surface area contributed by atoms with Crippen molar-refractivity contribution in [3.63, 3.8) is 0 Å². The SMILES string of the molecule is Cc1c(Cl)c(C(F)(F)F)nn1CC(=O)Nc1sc2c(c1C#N)CC[C@H](C)C2. The van der Waals surface area contributed by atoms with Crippen LogP contribution in [-0.4, -0.2) is 15.7 Å². The number of anilines is 1. The van der Waals surface area contributed by atoms with Gasteiger partial charge in [0.2, 0.25) is 5.91 Å². The number of hydrogen-bond donors (Lipinski definition) is 1. The van der Waals surface area contributed by atoms with Gasteiger partial charge in [-0.2, -0.15) is 23.5 Å². The van der Waals surface area contributed by atoms with E-state index >= 15 is 0 Å². The number of rotatable bonds is 3. The van der Waals surface area contributed by atoms with Crippen molar-refractivity contribution >= 4 is 33.8 Å². The molecule has 0 saturated carbocycles. The van der Waals surface area contributed by atoms with E-state index in [0.29, 0.717) is 16.5 Å². The van der Waals surface area contributed by atoms with E-state index in [2.05, 4.69) is 23.4 Å². The standard InChI is InChI=1S/C17H16ClF3N4OS/c1-8-3-4-10-11(6-22)16(27-12(10)5-8)23-13(26)7-25-9(2)14(18)15(24-25)17(19,20)21/h8H,3-5,7H2,1-2H3,(H,23,26)/t8-/m0/s1. The average molecular weight is 417 g/mol. The molecule has 3 rings (SSSR count). The Labute approximate surface area is 162 Å². The van der Waals surface area contributed by atoms with E-state index in [1.165, 1.54) is 18.3 Å². The number of carbonyl (C=O) groups is 1. The first kappa shape index (κ1) is 19.7. The Bertz CT molecular complexity index is 942. The number of amides is 1. The van der Waals surface area contributed by atoms with Gasteiger partial charge in [-0.05, 0) is 37.7 Å². The zero-order chi connectivity index (χ0) is 19.9. The first-order valence-electron chi connectivity index (χ1n) is 8.26. The molecule has 0 spiro atoms. The van der Waals surface area contributed by atoms with Gasteiger partial charge >= 0.3 is 6.18 Å². The molecule has 1 atom stereocenters. The highest BCUT2D eigenvalue weighted by atomic mass is 35.5. The molecule has 0 aliphatic heterocycles. The first-order chi connectivity index (χ1) is 12.6. The van der Waals surface area contributed by atoms with Crippen LogP contribution >= 0.6 is 22.9 Å². The topological polar surface area (TPSA) is 70.7 Å². The molecule has 0 aromatic carbocycles. The van der Waals surface area contributed by atoms with E-state index < -0.39 is 29.3 Å². The number of nitriles is 1. The van der Waals surface area contributed by atoms with Gasteiger partial charge < -0.3 is 5.32 Å². The summed E-state index contributed by atoms with van der Waals surface area (Å²) in [4.78, 5) is 13.4. The molecule has 0 saturated heterocycles. The summed E-state index contributed by atoms with van der Waals surface area (Å²) >= 11 is 7.05. The summed E-state index contributed by atoms with van der Waals surface area (Å²) in [5.74, 6) is -0.0463. The molecule has 27 heavy (non-hydrogen) atoms. The number of nitrogens with zero attached hydrogens (tertiary/aromatic N) is 3. The molecule has 1 aliphatic carbocycles. The molecular formula is C17H16ClF3N4OS. The van der Waals surface area contributed by atoms with Crippen LogP contribution in [0.5, 0.6) is 0 Å². The lowest BCUT2D eigenvalue weighted by Crippen LogP contribution is -2.20. The Morgan fingerprint density at radius 2 is 2.22 bits per heavy atom. The van der Waals surface area contributed by atoms with Crippen molar-refractivity contribution in [3.8, 4) is 6.07 Å². The van der Waals surface area contributed by atoms with E-state index in [1.54, 1.807) is 0 Å². The number of halogens is 4. The maximum atomic E-state index is 12.9. The predicted octanol–water partition coefficient (Wildman–Crippen LogP) is 4.56. The quantitative estimate of drug-likeness (QED) is 0.797. The second-order valence-electron chi connectivity index (χ2n) is 6.62. The van der Waals surface area contributed by atoms with Crippen molar-refractivity contribution in [3.05, 3.63) is 32.4 Å². The van der Waals surface area contributed by atoms with Crippen LogP contribution in [0.15, 0.2) is 0 Å². The summed E-state index contributed by atoms with van der Waals surface area (Å²) in [5, 5.41) is 15.4. The van der Waals surface area contributed by atoms with Crippen LogP contribution in [-0.2, 0) is 30.4 Å².